The van der Waals surface area contributed by atoms with Crippen LogP contribution < -0.4 is 10.9 Å². The third kappa shape index (κ3) is 4.01. The number of anilines is 1. The van der Waals surface area contributed by atoms with Gasteiger partial charge in [0, 0.05) is 28.6 Å². The molecule has 0 spiro atoms. The molecular formula is C21H19N3O2S3. The molecule has 0 atom stereocenters. The van der Waals surface area contributed by atoms with Gasteiger partial charge in [-0.1, -0.05) is 30.0 Å². The quantitative estimate of drug-likeness (QED) is 0.347. The summed E-state index contributed by atoms with van der Waals surface area (Å²) < 4.78 is 1.53. The number of hydrogen-bond donors (Lipinski definition) is 1. The first-order chi connectivity index (χ1) is 13.9. The summed E-state index contributed by atoms with van der Waals surface area (Å²) in [7, 11) is 1.70. The van der Waals surface area contributed by atoms with Crippen LogP contribution in [0.2, 0.25) is 0 Å². The van der Waals surface area contributed by atoms with E-state index in [-0.39, 0.29) is 17.2 Å². The van der Waals surface area contributed by atoms with E-state index in [1.165, 1.54) is 27.7 Å². The number of thioether (sulfide) groups is 1. The van der Waals surface area contributed by atoms with Crippen molar-refractivity contribution in [3.8, 4) is 10.4 Å². The van der Waals surface area contributed by atoms with Gasteiger partial charge in [-0.3, -0.25) is 14.2 Å². The maximum Gasteiger partial charge on any atom is 0.263 e. The van der Waals surface area contributed by atoms with E-state index in [1.807, 2.05) is 54.9 Å². The number of nitrogens with one attached hydrogen (secondary N) is 1. The second kappa shape index (κ2) is 8.14. The number of carbonyl (C=O) groups excluding carboxylic acids is 1. The smallest absolute Gasteiger partial charge is 0.263 e. The minimum Gasteiger partial charge on any atom is -0.325 e. The molecule has 0 bridgehead atoms. The van der Waals surface area contributed by atoms with Gasteiger partial charge in [-0.15, -0.1) is 22.7 Å². The lowest BCUT2D eigenvalue weighted by atomic mass is 10.1. The summed E-state index contributed by atoms with van der Waals surface area (Å²) in [5.41, 5.74) is 3.76. The number of carbonyl (C=O) groups is 1. The van der Waals surface area contributed by atoms with Crippen molar-refractivity contribution in [3.05, 3.63) is 62.6 Å². The largest absolute Gasteiger partial charge is 0.325 e. The van der Waals surface area contributed by atoms with Crippen molar-refractivity contribution in [2.24, 2.45) is 7.05 Å². The average molecular weight is 442 g/mol. The molecular weight excluding hydrogens is 422 g/mol. The summed E-state index contributed by atoms with van der Waals surface area (Å²) in [6.07, 6.45) is 0. The molecule has 0 aliphatic carbocycles. The van der Waals surface area contributed by atoms with Crippen LogP contribution in [0.5, 0.6) is 0 Å². The van der Waals surface area contributed by atoms with E-state index in [1.54, 1.807) is 18.4 Å². The van der Waals surface area contributed by atoms with E-state index in [9.17, 15) is 9.59 Å². The van der Waals surface area contributed by atoms with Gasteiger partial charge >= 0.3 is 0 Å². The average Bonchev–Trinajstić information content (AvgIpc) is 3.36. The fraction of sp³-hybridized carbons (Fsp3) is 0.190. The predicted molar refractivity (Wildman–Crippen MR) is 123 cm³/mol. The van der Waals surface area contributed by atoms with Crippen molar-refractivity contribution in [1.29, 1.82) is 0 Å². The van der Waals surface area contributed by atoms with E-state index in [0.29, 0.717) is 15.4 Å². The highest BCUT2D eigenvalue weighted by Gasteiger charge is 2.17. The molecule has 0 fully saturated rings. The summed E-state index contributed by atoms with van der Waals surface area (Å²) in [6.45, 7) is 3.95. The van der Waals surface area contributed by atoms with Crippen LogP contribution in [-0.2, 0) is 11.8 Å². The van der Waals surface area contributed by atoms with Crippen molar-refractivity contribution in [1.82, 2.24) is 9.55 Å². The van der Waals surface area contributed by atoms with E-state index in [4.69, 9.17) is 0 Å². The molecule has 0 radical (unpaired) electrons. The molecule has 4 rings (SSSR count). The van der Waals surface area contributed by atoms with Crippen molar-refractivity contribution in [3.63, 3.8) is 0 Å². The number of rotatable bonds is 5. The van der Waals surface area contributed by atoms with Crippen LogP contribution >= 0.6 is 34.4 Å². The van der Waals surface area contributed by atoms with Crippen LogP contribution in [0.3, 0.4) is 0 Å². The molecule has 1 amide bonds. The molecule has 0 aliphatic rings. The van der Waals surface area contributed by atoms with Gasteiger partial charge in [0.2, 0.25) is 5.91 Å². The first-order valence-electron chi connectivity index (χ1n) is 8.96. The highest BCUT2D eigenvalue weighted by Crippen LogP contribution is 2.34. The lowest BCUT2D eigenvalue weighted by Gasteiger charge is -2.10. The number of thiophene rings is 2. The van der Waals surface area contributed by atoms with E-state index >= 15 is 0 Å². The Bertz CT molecular complexity index is 1260. The third-order valence-corrected chi connectivity index (χ3v) is 7.37. The van der Waals surface area contributed by atoms with Gasteiger partial charge in [0.15, 0.2) is 5.16 Å². The number of amides is 1. The zero-order chi connectivity index (χ0) is 20.5. The fourth-order valence-electron chi connectivity index (χ4n) is 2.98. The Balaban J connectivity index is 1.56. The van der Waals surface area contributed by atoms with Crippen LogP contribution in [0.25, 0.3) is 20.7 Å². The lowest BCUT2D eigenvalue weighted by molar-refractivity contribution is -0.113. The highest BCUT2D eigenvalue weighted by molar-refractivity contribution is 7.99. The molecule has 1 aromatic carbocycles. The van der Waals surface area contributed by atoms with Crippen LogP contribution in [0.4, 0.5) is 5.69 Å². The molecule has 0 aliphatic heterocycles. The zero-order valence-corrected chi connectivity index (χ0v) is 18.6. The van der Waals surface area contributed by atoms with Gasteiger partial charge in [0.05, 0.1) is 11.1 Å². The molecule has 1 N–H and O–H groups in total. The second-order valence-electron chi connectivity index (χ2n) is 6.72. The molecule has 0 saturated carbocycles. The Morgan fingerprint density at radius 2 is 2.07 bits per heavy atom. The van der Waals surface area contributed by atoms with Gasteiger partial charge in [0.25, 0.3) is 5.56 Å². The number of aromatic nitrogens is 2. The van der Waals surface area contributed by atoms with Gasteiger partial charge < -0.3 is 5.32 Å². The number of benzene rings is 1. The fourth-order valence-corrected chi connectivity index (χ4v) is 5.56. The third-order valence-electron chi connectivity index (χ3n) is 4.56. The topological polar surface area (TPSA) is 64.0 Å². The van der Waals surface area contributed by atoms with Crippen molar-refractivity contribution < 1.29 is 4.79 Å². The van der Waals surface area contributed by atoms with E-state index in [0.717, 1.165) is 27.3 Å². The molecule has 8 heteroatoms. The van der Waals surface area contributed by atoms with E-state index < -0.39 is 0 Å². The summed E-state index contributed by atoms with van der Waals surface area (Å²) in [5.74, 6) is 0.0611. The molecule has 148 valence electrons. The Morgan fingerprint density at radius 1 is 1.24 bits per heavy atom. The van der Waals surface area contributed by atoms with Crippen LogP contribution in [0, 0.1) is 13.8 Å². The Morgan fingerprint density at radius 3 is 2.83 bits per heavy atom. The minimum atomic E-state index is -0.122. The maximum atomic E-state index is 13.0. The number of fused-ring (bicyclic) bond motifs is 1. The maximum absolute atomic E-state index is 13.0. The standard InChI is InChI=1S/C21H19N3O2S3/c1-12-6-7-13(2)15(9-12)22-17(25)11-29-21-23-19-18(20(26)24(21)3)14(10-28-19)16-5-4-8-27-16/h4-10H,11H2,1-3H3,(H,22,25). The minimum absolute atomic E-state index is 0.0860. The Hall–Kier alpha value is -2.42. The molecule has 29 heavy (non-hydrogen) atoms. The zero-order valence-electron chi connectivity index (χ0n) is 16.2. The van der Waals surface area contributed by atoms with Gasteiger partial charge in [-0.2, -0.15) is 0 Å². The summed E-state index contributed by atoms with van der Waals surface area (Å²) in [4.78, 5) is 31.8. The molecule has 4 aromatic rings. The van der Waals surface area contributed by atoms with Crippen molar-refractivity contribution >= 4 is 56.2 Å². The SMILES string of the molecule is Cc1ccc(C)c(NC(=O)CSc2nc3scc(-c4cccs4)c3c(=O)n2C)c1. The van der Waals surface area contributed by atoms with Crippen LogP contribution in [-0.4, -0.2) is 21.2 Å². The summed E-state index contributed by atoms with van der Waals surface area (Å²) >= 11 is 4.33. The molecule has 3 heterocycles. The first kappa shape index (κ1) is 19.9. The summed E-state index contributed by atoms with van der Waals surface area (Å²) in [6, 6.07) is 9.93. The first-order valence-corrected chi connectivity index (χ1v) is 11.7. The van der Waals surface area contributed by atoms with E-state index in [2.05, 4.69) is 10.3 Å². The van der Waals surface area contributed by atoms with Crippen LogP contribution in [0.15, 0.2) is 51.0 Å². The molecule has 3 aromatic heterocycles. The Kier molecular flexibility index (Phi) is 5.58. The second-order valence-corrected chi connectivity index (χ2v) is 9.47. The Labute approximate surface area is 180 Å². The van der Waals surface area contributed by atoms with Crippen molar-refractivity contribution in [2.45, 2.75) is 19.0 Å². The van der Waals surface area contributed by atoms with Crippen molar-refractivity contribution in [2.75, 3.05) is 11.1 Å². The number of nitrogens with zero attached hydrogens (tertiary/aromatic N) is 2. The number of hydrogen-bond acceptors (Lipinski definition) is 6. The highest BCUT2D eigenvalue weighted by atomic mass is 32.2. The van der Waals surface area contributed by atoms with Gasteiger partial charge in [-0.05, 0) is 42.5 Å². The van der Waals surface area contributed by atoms with Gasteiger partial charge in [0.1, 0.15) is 4.83 Å². The molecule has 0 unspecified atom stereocenters. The van der Waals surface area contributed by atoms with Gasteiger partial charge in [-0.25, -0.2) is 4.98 Å². The summed E-state index contributed by atoms with van der Waals surface area (Å²) in [5, 5.41) is 8.10. The predicted octanol–water partition coefficient (Wildman–Crippen LogP) is 5.07. The lowest BCUT2D eigenvalue weighted by Crippen LogP contribution is -2.21. The normalized spacial score (nSPS) is 11.1. The monoisotopic (exact) mass is 441 g/mol. The number of aryl methyl sites for hydroxylation is 2. The molecule has 0 saturated heterocycles. The molecule has 5 nitrogen and oxygen atoms in total. The van der Waals surface area contributed by atoms with Crippen LogP contribution in [0.1, 0.15) is 11.1 Å².